The molecule has 2 aromatic rings. The first-order chi connectivity index (χ1) is 8.53. The molecule has 18 heavy (non-hydrogen) atoms. The second-order valence-electron chi connectivity index (χ2n) is 3.22. The Morgan fingerprint density at radius 1 is 1.06 bits per heavy atom. The molecule has 7 heteroatoms. The lowest BCUT2D eigenvalue weighted by molar-refractivity contribution is 0.434. The molecule has 0 aliphatic heterocycles. The van der Waals surface area contributed by atoms with Gasteiger partial charge in [0.25, 0.3) is 0 Å². The van der Waals surface area contributed by atoms with Gasteiger partial charge in [0.1, 0.15) is 11.5 Å². The predicted octanol–water partition coefficient (Wildman–Crippen LogP) is 2.47. The smallest absolute Gasteiger partial charge is 0.439 e. The minimum atomic E-state index is -5.04. The molecular formula is C11H8FNO4S. The van der Waals surface area contributed by atoms with Gasteiger partial charge in [-0.3, -0.25) is 0 Å². The maximum Gasteiger partial charge on any atom is 0.488 e. The van der Waals surface area contributed by atoms with Crippen molar-refractivity contribution in [3.8, 4) is 17.4 Å². The summed E-state index contributed by atoms with van der Waals surface area (Å²) >= 11 is 0. The van der Waals surface area contributed by atoms with Gasteiger partial charge in [-0.25, -0.2) is 4.98 Å². The number of pyridine rings is 1. The number of ether oxygens (including phenoxy) is 1. The summed E-state index contributed by atoms with van der Waals surface area (Å²) in [5, 5.41) is 0. The summed E-state index contributed by atoms with van der Waals surface area (Å²) in [7, 11) is -5.04. The molecule has 0 atom stereocenters. The largest absolute Gasteiger partial charge is 0.488 e. The van der Waals surface area contributed by atoms with Crippen LogP contribution in [0.15, 0.2) is 48.7 Å². The molecule has 1 aromatic carbocycles. The molecule has 0 bridgehead atoms. The van der Waals surface area contributed by atoms with Crippen molar-refractivity contribution < 1.29 is 21.2 Å². The number of aromatic nitrogens is 1. The van der Waals surface area contributed by atoms with Gasteiger partial charge in [-0.2, -0.15) is 8.42 Å². The van der Waals surface area contributed by atoms with Gasteiger partial charge < -0.3 is 8.92 Å². The van der Waals surface area contributed by atoms with Crippen LogP contribution in [0.25, 0.3) is 0 Å². The first-order valence-corrected chi connectivity index (χ1v) is 6.17. The van der Waals surface area contributed by atoms with Gasteiger partial charge in [-0.1, -0.05) is 16.0 Å². The predicted molar refractivity (Wildman–Crippen MR) is 61.4 cm³/mol. The first kappa shape index (κ1) is 12.3. The summed E-state index contributed by atoms with van der Waals surface area (Å²) in [6, 6.07) is 10.6. The van der Waals surface area contributed by atoms with Crippen molar-refractivity contribution in [1.82, 2.24) is 4.98 Å². The fraction of sp³-hybridized carbons (Fsp3) is 0. The zero-order valence-electron chi connectivity index (χ0n) is 8.99. The van der Waals surface area contributed by atoms with Crippen molar-refractivity contribution in [1.29, 1.82) is 0 Å². The third-order valence-corrected chi connectivity index (χ3v) is 2.25. The molecule has 0 N–H and O–H groups in total. The molecule has 0 radical (unpaired) electrons. The molecule has 94 valence electrons. The van der Waals surface area contributed by atoms with E-state index in [-0.39, 0.29) is 11.5 Å². The molecule has 1 aromatic heterocycles. The summed E-state index contributed by atoms with van der Waals surface area (Å²) in [5.74, 6) is 0.443. The van der Waals surface area contributed by atoms with Crippen LogP contribution in [0.5, 0.6) is 17.4 Å². The molecule has 0 saturated carbocycles. The zero-order chi connectivity index (χ0) is 13.0. The minimum Gasteiger partial charge on any atom is -0.439 e. The molecule has 0 fully saturated rings. The summed E-state index contributed by atoms with van der Waals surface area (Å²) < 4.78 is 42.4. The molecule has 0 unspecified atom stereocenters. The summed E-state index contributed by atoms with van der Waals surface area (Å²) in [5.41, 5.74) is 0. The molecule has 2 rings (SSSR count). The van der Waals surface area contributed by atoms with Crippen LogP contribution in [0.3, 0.4) is 0 Å². The molecule has 1 heterocycles. The van der Waals surface area contributed by atoms with Gasteiger partial charge >= 0.3 is 10.5 Å². The molecular weight excluding hydrogens is 261 g/mol. The topological polar surface area (TPSA) is 65.5 Å². The highest BCUT2D eigenvalue weighted by Crippen LogP contribution is 2.24. The maximum absolute atomic E-state index is 12.3. The molecule has 0 aliphatic rings. The lowest BCUT2D eigenvalue weighted by Gasteiger charge is -2.05. The highest BCUT2D eigenvalue weighted by atomic mass is 32.3. The quantitative estimate of drug-likeness (QED) is 0.798. The Hall–Kier alpha value is -2.15. The zero-order valence-corrected chi connectivity index (χ0v) is 9.80. The summed E-state index contributed by atoms with van der Waals surface area (Å²) in [6.07, 6.45) is 1.54. The van der Waals surface area contributed by atoms with Crippen LogP contribution in [0.1, 0.15) is 0 Å². The van der Waals surface area contributed by atoms with E-state index in [0.717, 1.165) is 0 Å². The Balaban J connectivity index is 2.18. The normalized spacial score (nSPS) is 10.9. The van der Waals surface area contributed by atoms with Crippen LogP contribution in [0.2, 0.25) is 0 Å². The van der Waals surface area contributed by atoms with Gasteiger partial charge in [-0.05, 0) is 18.2 Å². The molecule has 5 nitrogen and oxygen atoms in total. The Morgan fingerprint density at radius 2 is 1.83 bits per heavy atom. The SMILES string of the molecule is O=S(=O)(F)Oc1cccc(Oc2ccccn2)c1. The van der Waals surface area contributed by atoms with Crippen LogP contribution >= 0.6 is 0 Å². The van der Waals surface area contributed by atoms with Crippen molar-refractivity contribution in [3.05, 3.63) is 48.7 Å². The van der Waals surface area contributed by atoms with E-state index < -0.39 is 10.5 Å². The number of hydrogen-bond acceptors (Lipinski definition) is 5. The monoisotopic (exact) mass is 269 g/mol. The second kappa shape index (κ2) is 5.01. The van der Waals surface area contributed by atoms with E-state index >= 15 is 0 Å². The van der Waals surface area contributed by atoms with Crippen molar-refractivity contribution in [3.63, 3.8) is 0 Å². The van der Waals surface area contributed by atoms with Crippen LogP contribution in [0, 0.1) is 0 Å². The van der Waals surface area contributed by atoms with E-state index in [0.29, 0.717) is 5.88 Å². The van der Waals surface area contributed by atoms with Gasteiger partial charge in [0, 0.05) is 18.3 Å². The first-order valence-electron chi connectivity index (χ1n) is 4.86. The Kier molecular flexibility index (Phi) is 3.42. The fourth-order valence-corrected chi connectivity index (χ4v) is 1.57. The third kappa shape index (κ3) is 3.70. The Labute approximate surface area is 103 Å². The van der Waals surface area contributed by atoms with Crippen molar-refractivity contribution in [2.24, 2.45) is 0 Å². The third-order valence-electron chi connectivity index (χ3n) is 1.86. The number of hydrogen-bond donors (Lipinski definition) is 0. The van der Waals surface area contributed by atoms with Gasteiger partial charge in [0.05, 0.1) is 0 Å². The molecule has 0 aliphatic carbocycles. The number of halogens is 1. The average Bonchev–Trinajstić information content (AvgIpc) is 2.28. The van der Waals surface area contributed by atoms with Gasteiger partial charge in [0.15, 0.2) is 0 Å². The van der Waals surface area contributed by atoms with E-state index in [2.05, 4.69) is 9.17 Å². The van der Waals surface area contributed by atoms with Crippen molar-refractivity contribution in [2.75, 3.05) is 0 Å². The minimum absolute atomic E-state index is 0.175. The van der Waals surface area contributed by atoms with E-state index in [1.165, 1.54) is 18.2 Å². The average molecular weight is 269 g/mol. The van der Waals surface area contributed by atoms with Crippen molar-refractivity contribution >= 4 is 10.5 Å². The van der Waals surface area contributed by atoms with E-state index in [4.69, 9.17) is 4.74 Å². The lowest BCUT2D eigenvalue weighted by Crippen LogP contribution is -2.01. The van der Waals surface area contributed by atoms with Crippen LogP contribution in [0.4, 0.5) is 3.89 Å². The molecule has 0 spiro atoms. The fourth-order valence-electron chi connectivity index (χ4n) is 1.23. The van der Waals surface area contributed by atoms with E-state index in [1.807, 2.05) is 0 Å². The summed E-state index contributed by atoms with van der Waals surface area (Å²) in [6.45, 7) is 0. The summed E-state index contributed by atoms with van der Waals surface area (Å²) in [4.78, 5) is 3.92. The van der Waals surface area contributed by atoms with Crippen LogP contribution < -0.4 is 8.92 Å². The second-order valence-corrected chi connectivity index (χ2v) is 4.17. The number of nitrogens with zero attached hydrogens (tertiary/aromatic N) is 1. The van der Waals surface area contributed by atoms with Crippen LogP contribution in [-0.4, -0.2) is 13.4 Å². The van der Waals surface area contributed by atoms with Gasteiger partial charge in [0.2, 0.25) is 5.88 Å². The van der Waals surface area contributed by atoms with Crippen molar-refractivity contribution in [2.45, 2.75) is 0 Å². The molecule has 0 amide bonds. The number of rotatable bonds is 4. The number of benzene rings is 1. The molecule has 0 saturated heterocycles. The van der Waals surface area contributed by atoms with E-state index in [1.54, 1.807) is 30.5 Å². The Bertz CT molecular complexity index is 631. The lowest BCUT2D eigenvalue weighted by atomic mass is 10.3. The highest BCUT2D eigenvalue weighted by molar-refractivity contribution is 7.81. The Morgan fingerprint density at radius 3 is 2.50 bits per heavy atom. The van der Waals surface area contributed by atoms with Gasteiger partial charge in [-0.15, -0.1) is 0 Å². The van der Waals surface area contributed by atoms with E-state index in [9.17, 15) is 12.3 Å². The maximum atomic E-state index is 12.3. The van der Waals surface area contributed by atoms with Crippen LogP contribution in [-0.2, 0) is 10.5 Å². The highest BCUT2D eigenvalue weighted by Gasteiger charge is 2.10. The standard InChI is InChI=1S/C11H8FNO4S/c12-18(14,15)17-10-5-3-4-9(8-10)16-11-6-1-2-7-13-11/h1-8H.